The van der Waals surface area contributed by atoms with Gasteiger partial charge in [-0.3, -0.25) is 0 Å². The molecule has 1 N–H and O–H groups in total. The van der Waals surface area contributed by atoms with E-state index in [-0.39, 0.29) is 5.56 Å². The molecule has 3 rings (SSSR count). The lowest BCUT2D eigenvalue weighted by Gasteiger charge is -2.29. The van der Waals surface area contributed by atoms with Crippen LogP contribution in [0.15, 0.2) is 42.5 Å². The molecule has 0 radical (unpaired) electrons. The molecule has 0 unspecified atom stereocenters. The van der Waals surface area contributed by atoms with Gasteiger partial charge in [0.1, 0.15) is 17.4 Å². The van der Waals surface area contributed by atoms with E-state index in [4.69, 9.17) is 10.00 Å². The first-order valence-corrected chi connectivity index (χ1v) is 7.16. The number of hydrogen-bond acceptors (Lipinski definition) is 4. The molecule has 5 heteroatoms. The monoisotopic (exact) mass is 297 g/mol. The summed E-state index contributed by atoms with van der Waals surface area (Å²) in [6.45, 7) is 3.26. The first kappa shape index (κ1) is 14.4. The van der Waals surface area contributed by atoms with Crippen LogP contribution in [0, 0.1) is 17.1 Å². The number of anilines is 3. The summed E-state index contributed by atoms with van der Waals surface area (Å²) in [6.07, 6.45) is 0. The third-order valence-electron chi connectivity index (χ3n) is 3.65. The third kappa shape index (κ3) is 3.02. The summed E-state index contributed by atoms with van der Waals surface area (Å²) in [5, 5.41) is 12.1. The van der Waals surface area contributed by atoms with Crippen molar-refractivity contribution in [3.8, 4) is 6.07 Å². The van der Waals surface area contributed by atoms with Gasteiger partial charge in [0.15, 0.2) is 0 Å². The summed E-state index contributed by atoms with van der Waals surface area (Å²) in [7, 11) is 0. The zero-order chi connectivity index (χ0) is 15.4. The SMILES string of the molecule is N#Cc1c(F)cccc1Nc1ccc(N2CCOCC2)cc1. The molecule has 0 spiro atoms. The fraction of sp³-hybridized carbons (Fsp3) is 0.235. The molecule has 0 aliphatic carbocycles. The van der Waals surface area contributed by atoms with Crippen LogP contribution in [0.25, 0.3) is 0 Å². The van der Waals surface area contributed by atoms with Gasteiger partial charge in [-0.2, -0.15) is 5.26 Å². The molecule has 2 aromatic rings. The maximum absolute atomic E-state index is 13.6. The molecule has 0 bridgehead atoms. The molecule has 112 valence electrons. The first-order valence-electron chi connectivity index (χ1n) is 7.16. The summed E-state index contributed by atoms with van der Waals surface area (Å²) in [6, 6.07) is 14.3. The summed E-state index contributed by atoms with van der Waals surface area (Å²) in [5.74, 6) is -0.516. The van der Waals surface area contributed by atoms with Gasteiger partial charge in [-0.25, -0.2) is 4.39 Å². The second kappa shape index (κ2) is 6.46. The lowest BCUT2D eigenvalue weighted by molar-refractivity contribution is 0.122. The Morgan fingerprint density at radius 2 is 1.82 bits per heavy atom. The number of nitrogens with zero attached hydrogens (tertiary/aromatic N) is 2. The van der Waals surface area contributed by atoms with Crippen LogP contribution >= 0.6 is 0 Å². The summed E-state index contributed by atoms with van der Waals surface area (Å²) >= 11 is 0. The summed E-state index contributed by atoms with van der Waals surface area (Å²) in [5.41, 5.74) is 2.45. The molecule has 0 saturated carbocycles. The lowest BCUT2D eigenvalue weighted by atomic mass is 10.1. The highest BCUT2D eigenvalue weighted by atomic mass is 19.1. The number of hydrogen-bond donors (Lipinski definition) is 1. The van der Waals surface area contributed by atoms with Crippen LogP contribution < -0.4 is 10.2 Å². The average Bonchev–Trinajstić information content (AvgIpc) is 2.57. The van der Waals surface area contributed by atoms with Crippen LogP contribution in [0.2, 0.25) is 0 Å². The predicted octanol–water partition coefficient (Wildman–Crippen LogP) is 3.28. The molecule has 1 fully saturated rings. The van der Waals surface area contributed by atoms with Gasteiger partial charge >= 0.3 is 0 Å². The zero-order valence-corrected chi connectivity index (χ0v) is 12.1. The van der Waals surface area contributed by atoms with E-state index in [1.165, 1.54) is 6.07 Å². The lowest BCUT2D eigenvalue weighted by Crippen LogP contribution is -2.36. The van der Waals surface area contributed by atoms with E-state index in [0.717, 1.165) is 37.7 Å². The minimum Gasteiger partial charge on any atom is -0.378 e. The van der Waals surface area contributed by atoms with Crippen molar-refractivity contribution in [2.75, 3.05) is 36.5 Å². The Morgan fingerprint density at radius 3 is 2.50 bits per heavy atom. The van der Waals surface area contributed by atoms with Crippen LogP contribution in [0.5, 0.6) is 0 Å². The van der Waals surface area contributed by atoms with Crippen LogP contribution in [0.1, 0.15) is 5.56 Å². The first-order chi connectivity index (χ1) is 10.8. The molecule has 0 amide bonds. The van der Waals surface area contributed by atoms with E-state index in [2.05, 4.69) is 10.2 Å². The Balaban J connectivity index is 1.77. The van der Waals surface area contributed by atoms with Gasteiger partial charge < -0.3 is 15.0 Å². The van der Waals surface area contributed by atoms with Gasteiger partial charge in [-0.05, 0) is 36.4 Å². The minimum atomic E-state index is -0.516. The molecular weight excluding hydrogens is 281 g/mol. The van der Waals surface area contributed by atoms with Crippen molar-refractivity contribution in [2.24, 2.45) is 0 Å². The average molecular weight is 297 g/mol. The molecule has 2 aromatic carbocycles. The fourth-order valence-electron chi connectivity index (χ4n) is 2.47. The second-order valence-corrected chi connectivity index (χ2v) is 5.05. The van der Waals surface area contributed by atoms with Crippen molar-refractivity contribution < 1.29 is 9.13 Å². The Bertz CT molecular complexity index is 688. The summed E-state index contributed by atoms with van der Waals surface area (Å²) in [4.78, 5) is 2.26. The molecule has 0 atom stereocenters. The van der Waals surface area contributed by atoms with Crippen LogP contribution in [-0.2, 0) is 4.74 Å². The van der Waals surface area contributed by atoms with E-state index in [1.807, 2.05) is 30.3 Å². The molecule has 4 nitrogen and oxygen atoms in total. The van der Waals surface area contributed by atoms with Gasteiger partial charge in [0.25, 0.3) is 0 Å². The van der Waals surface area contributed by atoms with E-state index < -0.39 is 5.82 Å². The topological polar surface area (TPSA) is 48.3 Å². The number of rotatable bonds is 3. The molecule has 1 heterocycles. The number of nitriles is 1. The van der Waals surface area contributed by atoms with Crippen molar-refractivity contribution in [1.82, 2.24) is 0 Å². The number of nitrogens with one attached hydrogen (secondary N) is 1. The Morgan fingerprint density at radius 1 is 1.09 bits per heavy atom. The second-order valence-electron chi connectivity index (χ2n) is 5.05. The van der Waals surface area contributed by atoms with E-state index >= 15 is 0 Å². The molecule has 1 saturated heterocycles. The quantitative estimate of drug-likeness (QED) is 0.944. The highest BCUT2D eigenvalue weighted by molar-refractivity contribution is 5.68. The molecular formula is C17H16FN3O. The van der Waals surface area contributed by atoms with Crippen molar-refractivity contribution in [1.29, 1.82) is 5.26 Å². The highest BCUT2D eigenvalue weighted by Crippen LogP contribution is 2.25. The number of halogens is 1. The zero-order valence-electron chi connectivity index (χ0n) is 12.1. The maximum atomic E-state index is 13.6. The fourth-order valence-corrected chi connectivity index (χ4v) is 2.47. The Labute approximate surface area is 128 Å². The van der Waals surface area contributed by atoms with Gasteiger partial charge in [-0.15, -0.1) is 0 Å². The van der Waals surface area contributed by atoms with Gasteiger partial charge in [0.2, 0.25) is 0 Å². The van der Waals surface area contributed by atoms with E-state index in [9.17, 15) is 4.39 Å². The van der Waals surface area contributed by atoms with Crippen LogP contribution in [0.3, 0.4) is 0 Å². The van der Waals surface area contributed by atoms with Gasteiger partial charge in [-0.1, -0.05) is 6.07 Å². The third-order valence-corrected chi connectivity index (χ3v) is 3.65. The molecule has 22 heavy (non-hydrogen) atoms. The largest absolute Gasteiger partial charge is 0.378 e. The Kier molecular flexibility index (Phi) is 4.22. The van der Waals surface area contributed by atoms with Gasteiger partial charge in [0, 0.05) is 24.5 Å². The van der Waals surface area contributed by atoms with Crippen molar-refractivity contribution in [3.05, 3.63) is 53.8 Å². The van der Waals surface area contributed by atoms with Crippen molar-refractivity contribution in [2.45, 2.75) is 0 Å². The molecule has 0 aromatic heterocycles. The smallest absolute Gasteiger partial charge is 0.143 e. The number of benzene rings is 2. The standard InChI is InChI=1S/C17H16FN3O/c18-16-2-1-3-17(15(16)12-19)20-13-4-6-14(7-5-13)21-8-10-22-11-9-21/h1-7,20H,8-11H2. The Hall–Kier alpha value is -2.58. The summed E-state index contributed by atoms with van der Waals surface area (Å²) < 4.78 is 18.9. The maximum Gasteiger partial charge on any atom is 0.143 e. The van der Waals surface area contributed by atoms with Gasteiger partial charge in [0.05, 0.1) is 18.9 Å². The van der Waals surface area contributed by atoms with E-state index in [0.29, 0.717) is 5.69 Å². The molecule has 1 aliphatic rings. The number of ether oxygens (including phenoxy) is 1. The normalized spacial score (nSPS) is 14.5. The minimum absolute atomic E-state index is 0.0276. The van der Waals surface area contributed by atoms with E-state index in [1.54, 1.807) is 12.1 Å². The molecule has 1 aliphatic heterocycles. The van der Waals surface area contributed by atoms with Crippen LogP contribution in [-0.4, -0.2) is 26.3 Å². The number of morpholine rings is 1. The highest BCUT2D eigenvalue weighted by Gasteiger charge is 2.11. The van der Waals surface area contributed by atoms with Crippen molar-refractivity contribution in [3.63, 3.8) is 0 Å². The van der Waals surface area contributed by atoms with Crippen molar-refractivity contribution >= 4 is 17.1 Å². The predicted molar refractivity (Wildman–Crippen MR) is 83.9 cm³/mol. The van der Waals surface area contributed by atoms with Crippen LogP contribution in [0.4, 0.5) is 21.5 Å².